The second kappa shape index (κ2) is 8.01. The van der Waals surface area contributed by atoms with Gasteiger partial charge in [0.1, 0.15) is 17.3 Å². The van der Waals surface area contributed by atoms with Crippen LogP contribution < -0.4 is 21.2 Å². The van der Waals surface area contributed by atoms with Gasteiger partial charge >= 0.3 is 0 Å². The Kier molecular flexibility index (Phi) is 4.87. The predicted octanol–water partition coefficient (Wildman–Crippen LogP) is 3.07. The van der Waals surface area contributed by atoms with Gasteiger partial charge in [-0.2, -0.15) is 0 Å². The molecule has 7 rings (SSSR count). The van der Waals surface area contributed by atoms with Crippen molar-refractivity contribution in [3.8, 4) is 17.0 Å². The highest BCUT2D eigenvalue weighted by Crippen LogP contribution is 2.35. The Balaban J connectivity index is 1.48. The maximum absolute atomic E-state index is 13.2. The molecule has 2 aromatic carbocycles. The van der Waals surface area contributed by atoms with E-state index in [-0.39, 0.29) is 17.2 Å². The second-order valence-corrected chi connectivity index (χ2v) is 11.1. The minimum absolute atomic E-state index is 0.00675. The minimum Gasteiger partial charge on any atom is -0.486 e. The normalized spacial score (nSPS) is 23.7. The predicted molar refractivity (Wildman–Crippen MR) is 137 cm³/mol. The monoisotopic (exact) mass is 489 g/mol. The first-order valence-electron chi connectivity index (χ1n) is 12.4. The lowest BCUT2D eigenvalue weighted by atomic mass is 10.1. The molecule has 4 aromatic rings. The number of ether oxygens (including phenoxy) is 1. The first kappa shape index (κ1) is 21.3. The van der Waals surface area contributed by atoms with E-state index in [1.54, 1.807) is 0 Å². The Labute approximate surface area is 205 Å². The highest BCUT2D eigenvalue weighted by atomic mass is 32.1. The zero-order chi connectivity index (χ0) is 23.7. The number of rotatable bonds is 3. The summed E-state index contributed by atoms with van der Waals surface area (Å²) in [4.78, 5) is 36.7. The van der Waals surface area contributed by atoms with E-state index < -0.39 is 0 Å². The fraction of sp³-hybridized carbons (Fsp3) is 0.423. The molecule has 1 saturated heterocycles. The van der Waals surface area contributed by atoms with Crippen molar-refractivity contribution in [2.24, 2.45) is 0 Å². The number of H-pyrrole nitrogens is 1. The van der Waals surface area contributed by atoms with Crippen molar-refractivity contribution < 1.29 is 4.74 Å². The van der Waals surface area contributed by atoms with Gasteiger partial charge in [-0.05, 0) is 31.9 Å². The van der Waals surface area contributed by atoms with Crippen molar-refractivity contribution in [3.63, 3.8) is 0 Å². The molecule has 0 amide bonds. The van der Waals surface area contributed by atoms with Gasteiger partial charge in [0.05, 0.1) is 15.6 Å². The first-order valence-corrected chi connectivity index (χ1v) is 13.2. The minimum atomic E-state index is -0.264. The Hall–Kier alpha value is -3.01. The first-order chi connectivity index (χ1) is 17.0. The number of nitrogens with zero attached hydrogens (tertiary/aromatic N) is 3. The van der Waals surface area contributed by atoms with E-state index in [4.69, 9.17) is 9.72 Å². The summed E-state index contributed by atoms with van der Waals surface area (Å²) in [7, 11) is 0. The summed E-state index contributed by atoms with van der Waals surface area (Å²) in [6.07, 6.45) is 3.35. The summed E-state index contributed by atoms with van der Waals surface area (Å²) in [5, 5.41) is 4.23. The summed E-state index contributed by atoms with van der Waals surface area (Å²) in [6.45, 7) is 5.13. The lowest BCUT2D eigenvalue weighted by molar-refractivity contribution is 0.195. The maximum Gasteiger partial charge on any atom is 0.275 e. The largest absolute Gasteiger partial charge is 0.486 e. The second-order valence-electron chi connectivity index (χ2n) is 10.0. The molecule has 2 N–H and O–H groups in total. The number of aromatic nitrogens is 3. The van der Waals surface area contributed by atoms with Crippen molar-refractivity contribution in [2.75, 3.05) is 13.1 Å². The highest BCUT2D eigenvalue weighted by molar-refractivity contribution is 7.14. The molecule has 35 heavy (non-hydrogen) atoms. The van der Waals surface area contributed by atoms with Gasteiger partial charge in [-0.15, -0.1) is 0 Å². The van der Waals surface area contributed by atoms with Crippen LogP contribution in [-0.4, -0.2) is 50.1 Å². The zero-order valence-electron chi connectivity index (χ0n) is 19.5. The van der Waals surface area contributed by atoms with Crippen LogP contribution in [0.4, 0.5) is 0 Å². The van der Waals surface area contributed by atoms with E-state index in [1.165, 1.54) is 24.4 Å². The fourth-order valence-corrected chi connectivity index (χ4v) is 6.51. The molecular formula is C26H27N5O3S. The topological polar surface area (TPSA) is 92.3 Å². The van der Waals surface area contributed by atoms with Crippen LogP contribution in [0.1, 0.15) is 31.7 Å². The van der Waals surface area contributed by atoms with Crippen LogP contribution >= 0.6 is 11.5 Å². The maximum atomic E-state index is 13.2. The van der Waals surface area contributed by atoms with Crippen LogP contribution in [0, 0.1) is 0 Å². The third-order valence-corrected chi connectivity index (χ3v) is 8.72. The molecule has 180 valence electrons. The number of hydrogen-bond donors (Lipinski definition) is 2. The average molecular weight is 490 g/mol. The summed E-state index contributed by atoms with van der Waals surface area (Å²) >= 11 is 1.42. The molecule has 0 radical (unpaired) electrons. The lowest BCUT2D eigenvalue weighted by Gasteiger charge is -2.21. The van der Waals surface area contributed by atoms with Crippen LogP contribution in [0.3, 0.4) is 0 Å². The van der Waals surface area contributed by atoms with Crippen LogP contribution in [-0.2, 0) is 13.1 Å². The van der Waals surface area contributed by atoms with Gasteiger partial charge in [-0.3, -0.25) is 18.4 Å². The number of nitrogens with one attached hydrogen (secondary N) is 2. The van der Waals surface area contributed by atoms with Crippen LogP contribution in [0.5, 0.6) is 5.75 Å². The van der Waals surface area contributed by atoms with E-state index in [9.17, 15) is 9.59 Å². The average Bonchev–Trinajstić information content (AvgIpc) is 3.54. The Morgan fingerprint density at radius 1 is 1.20 bits per heavy atom. The number of fused-ring (bicyclic) bond motifs is 5. The molecule has 9 heteroatoms. The van der Waals surface area contributed by atoms with E-state index in [2.05, 4.69) is 22.1 Å². The summed E-state index contributed by atoms with van der Waals surface area (Å²) in [6, 6.07) is 10.4. The SMILES string of the molecule is C[C@@H]1C[C@H]2CN1CCn1sc3c(cccc3c1=O)-c1nc3c(c(CNC4CC4)ccc3[nH]c1=O)O2. The van der Waals surface area contributed by atoms with Gasteiger partial charge in [0, 0.05) is 55.8 Å². The van der Waals surface area contributed by atoms with Crippen molar-refractivity contribution >= 4 is 32.7 Å². The highest BCUT2D eigenvalue weighted by Gasteiger charge is 2.32. The molecule has 2 fully saturated rings. The molecule has 0 spiro atoms. The molecule has 1 saturated carbocycles. The third kappa shape index (κ3) is 3.61. The quantitative estimate of drug-likeness (QED) is 0.460. The molecule has 3 atom stereocenters. The van der Waals surface area contributed by atoms with E-state index in [0.717, 1.165) is 35.5 Å². The van der Waals surface area contributed by atoms with E-state index in [1.807, 2.05) is 34.3 Å². The van der Waals surface area contributed by atoms with Gasteiger partial charge in [0.15, 0.2) is 5.75 Å². The van der Waals surface area contributed by atoms with Crippen molar-refractivity contribution in [1.29, 1.82) is 0 Å². The molecule has 1 unspecified atom stereocenters. The van der Waals surface area contributed by atoms with Gasteiger partial charge < -0.3 is 15.0 Å². The summed E-state index contributed by atoms with van der Waals surface area (Å²) < 4.78 is 9.32. The number of aromatic amines is 1. The third-order valence-electron chi connectivity index (χ3n) is 7.53. The molecule has 8 nitrogen and oxygen atoms in total. The van der Waals surface area contributed by atoms with Crippen LogP contribution in [0.25, 0.3) is 32.4 Å². The van der Waals surface area contributed by atoms with Crippen LogP contribution in [0.15, 0.2) is 39.9 Å². The van der Waals surface area contributed by atoms with Crippen molar-refractivity contribution in [1.82, 2.24) is 24.1 Å². The number of benzene rings is 2. The fourth-order valence-electron chi connectivity index (χ4n) is 5.42. The van der Waals surface area contributed by atoms with Gasteiger partial charge in [0.2, 0.25) is 0 Å². The molecule has 2 aliphatic heterocycles. The van der Waals surface area contributed by atoms with E-state index >= 15 is 0 Å². The Bertz CT molecular complexity index is 1580. The van der Waals surface area contributed by atoms with Crippen molar-refractivity contribution in [3.05, 3.63) is 56.6 Å². The molecular weight excluding hydrogens is 462 g/mol. The lowest BCUT2D eigenvalue weighted by Crippen LogP contribution is -2.33. The standard InChI is InChI=1S/C26H27N5O3S/c1-14-11-17-13-30(14)9-10-31-26(33)19-4-2-3-18(24(19)35-31)21-25(32)28-20-8-5-15(12-27-16-6-7-16)23(34-17)22(20)29-21/h2-5,8,14,16-17,27H,6-7,9-13H2,1H3,(H,28,32)/t14-,17+/m1/s1. The van der Waals surface area contributed by atoms with Crippen LogP contribution in [0.2, 0.25) is 0 Å². The van der Waals surface area contributed by atoms with Crippen molar-refractivity contribution in [2.45, 2.75) is 57.5 Å². The van der Waals surface area contributed by atoms with E-state index in [0.29, 0.717) is 52.9 Å². The summed E-state index contributed by atoms with van der Waals surface area (Å²) in [5.41, 5.74) is 3.13. The molecule has 1 aliphatic carbocycles. The molecule has 6 bridgehead atoms. The molecule has 2 aromatic heterocycles. The van der Waals surface area contributed by atoms with Gasteiger partial charge in [-0.1, -0.05) is 29.7 Å². The molecule has 3 aliphatic rings. The van der Waals surface area contributed by atoms with Gasteiger partial charge in [-0.25, -0.2) is 4.98 Å². The smallest absolute Gasteiger partial charge is 0.275 e. The number of hydrogen-bond acceptors (Lipinski definition) is 7. The summed E-state index contributed by atoms with van der Waals surface area (Å²) in [5.74, 6) is 0.752. The Morgan fingerprint density at radius 2 is 2.09 bits per heavy atom. The molecule has 4 heterocycles. The zero-order valence-corrected chi connectivity index (χ0v) is 20.4. The Morgan fingerprint density at radius 3 is 2.94 bits per heavy atom. The van der Waals surface area contributed by atoms with Gasteiger partial charge in [0.25, 0.3) is 11.1 Å².